The summed E-state index contributed by atoms with van der Waals surface area (Å²) in [7, 11) is 0. The third-order valence-electron chi connectivity index (χ3n) is 6.19. The standard InChI is InChI=1S/C31H21NO/c33-31-29-17-8-7-15-27(29)28-16-9-10-18-30(28)32(31)26-20-24(22-11-3-1-4-12-22)19-25(21-26)23-13-5-2-6-14-23/h1-21H. The molecule has 0 N–H and O–H groups in total. The van der Waals surface area contributed by atoms with Crippen molar-refractivity contribution in [2.24, 2.45) is 0 Å². The molecule has 0 aliphatic carbocycles. The van der Waals surface area contributed by atoms with Crippen molar-refractivity contribution >= 4 is 21.7 Å². The van der Waals surface area contributed by atoms with Crippen LogP contribution in [0.25, 0.3) is 49.6 Å². The van der Waals surface area contributed by atoms with Gasteiger partial charge in [0.2, 0.25) is 0 Å². The quantitative estimate of drug-likeness (QED) is 0.271. The van der Waals surface area contributed by atoms with Crippen LogP contribution >= 0.6 is 0 Å². The molecule has 33 heavy (non-hydrogen) atoms. The molecule has 0 amide bonds. The highest BCUT2D eigenvalue weighted by molar-refractivity contribution is 6.06. The highest BCUT2D eigenvalue weighted by atomic mass is 16.1. The number of nitrogens with zero attached hydrogens (tertiary/aromatic N) is 1. The normalized spacial score (nSPS) is 11.2. The minimum absolute atomic E-state index is 0.00600. The van der Waals surface area contributed by atoms with Crippen LogP contribution in [0.3, 0.4) is 0 Å². The van der Waals surface area contributed by atoms with E-state index in [1.54, 1.807) is 0 Å². The zero-order valence-electron chi connectivity index (χ0n) is 18.0. The molecule has 0 aliphatic heterocycles. The van der Waals surface area contributed by atoms with Gasteiger partial charge in [0.1, 0.15) is 0 Å². The van der Waals surface area contributed by atoms with Gasteiger partial charge >= 0.3 is 0 Å². The molecule has 5 aromatic carbocycles. The second-order valence-corrected chi connectivity index (χ2v) is 8.20. The molecule has 0 spiro atoms. The molecule has 156 valence electrons. The Balaban J connectivity index is 1.72. The van der Waals surface area contributed by atoms with Crippen LogP contribution in [0.4, 0.5) is 0 Å². The largest absolute Gasteiger partial charge is 0.276 e. The summed E-state index contributed by atoms with van der Waals surface area (Å²) in [6.45, 7) is 0. The lowest BCUT2D eigenvalue weighted by Crippen LogP contribution is -2.19. The highest BCUT2D eigenvalue weighted by Crippen LogP contribution is 2.32. The summed E-state index contributed by atoms with van der Waals surface area (Å²) in [5.74, 6) is 0. The Labute approximate surface area is 192 Å². The third-order valence-corrected chi connectivity index (χ3v) is 6.19. The molecule has 0 saturated heterocycles. The van der Waals surface area contributed by atoms with Crippen molar-refractivity contribution in [1.29, 1.82) is 0 Å². The number of pyridine rings is 1. The average molecular weight is 424 g/mol. The van der Waals surface area contributed by atoms with Gasteiger partial charge < -0.3 is 0 Å². The molecule has 2 heteroatoms. The fraction of sp³-hybridized carbons (Fsp3) is 0. The molecule has 0 bridgehead atoms. The Kier molecular flexibility index (Phi) is 4.63. The molecule has 6 rings (SSSR count). The summed E-state index contributed by atoms with van der Waals surface area (Å²) < 4.78 is 1.86. The number of rotatable bonds is 3. The Morgan fingerprint density at radius 2 is 0.909 bits per heavy atom. The van der Waals surface area contributed by atoms with Crippen molar-refractivity contribution in [3.05, 3.63) is 138 Å². The van der Waals surface area contributed by atoms with E-state index in [4.69, 9.17) is 0 Å². The van der Waals surface area contributed by atoms with Gasteiger partial charge in [-0.05, 0) is 58.0 Å². The lowest BCUT2D eigenvalue weighted by Gasteiger charge is -2.16. The maximum Gasteiger partial charge on any atom is 0.263 e. The smallest absolute Gasteiger partial charge is 0.263 e. The van der Waals surface area contributed by atoms with Gasteiger partial charge in [-0.15, -0.1) is 0 Å². The van der Waals surface area contributed by atoms with Crippen LogP contribution in [0.2, 0.25) is 0 Å². The Morgan fingerprint density at radius 3 is 1.52 bits per heavy atom. The van der Waals surface area contributed by atoms with Crippen LogP contribution in [0, 0.1) is 0 Å². The molecule has 2 nitrogen and oxygen atoms in total. The lowest BCUT2D eigenvalue weighted by molar-refractivity contribution is 1.06. The second-order valence-electron chi connectivity index (χ2n) is 8.20. The fourth-order valence-corrected chi connectivity index (χ4v) is 4.62. The third kappa shape index (κ3) is 3.33. The van der Waals surface area contributed by atoms with Gasteiger partial charge in [0.25, 0.3) is 5.56 Å². The van der Waals surface area contributed by atoms with Crippen LogP contribution in [0.5, 0.6) is 0 Å². The maximum absolute atomic E-state index is 13.8. The first-order valence-corrected chi connectivity index (χ1v) is 11.1. The van der Waals surface area contributed by atoms with E-state index in [-0.39, 0.29) is 5.56 Å². The van der Waals surface area contributed by atoms with E-state index in [1.807, 2.05) is 83.4 Å². The first-order chi connectivity index (χ1) is 16.3. The number of hydrogen-bond acceptors (Lipinski definition) is 1. The molecular formula is C31H21NO. The molecule has 0 fully saturated rings. The summed E-state index contributed by atoms with van der Waals surface area (Å²) >= 11 is 0. The summed E-state index contributed by atoms with van der Waals surface area (Å²) in [5.41, 5.74) is 6.16. The van der Waals surface area contributed by atoms with Crippen molar-refractivity contribution < 1.29 is 0 Å². The molecule has 1 aromatic heterocycles. The van der Waals surface area contributed by atoms with E-state index in [1.165, 1.54) is 0 Å². The number of para-hydroxylation sites is 1. The van der Waals surface area contributed by atoms with Gasteiger partial charge in [-0.2, -0.15) is 0 Å². The van der Waals surface area contributed by atoms with Crippen molar-refractivity contribution in [2.75, 3.05) is 0 Å². The molecule has 1 heterocycles. The first kappa shape index (κ1) is 19.3. The minimum Gasteiger partial charge on any atom is -0.276 e. The van der Waals surface area contributed by atoms with Gasteiger partial charge in [0, 0.05) is 10.8 Å². The Bertz CT molecular complexity index is 1610. The van der Waals surface area contributed by atoms with E-state index in [9.17, 15) is 4.79 Å². The van der Waals surface area contributed by atoms with E-state index >= 15 is 0 Å². The Morgan fingerprint density at radius 1 is 0.424 bits per heavy atom. The van der Waals surface area contributed by atoms with Crippen LogP contribution in [0.1, 0.15) is 0 Å². The zero-order valence-corrected chi connectivity index (χ0v) is 18.0. The van der Waals surface area contributed by atoms with E-state index < -0.39 is 0 Å². The zero-order chi connectivity index (χ0) is 22.2. The summed E-state index contributed by atoms with van der Waals surface area (Å²) in [6, 6.07) is 43.1. The van der Waals surface area contributed by atoms with Gasteiger partial charge in [-0.1, -0.05) is 97.1 Å². The van der Waals surface area contributed by atoms with E-state index in [0.29, 0.717) is 0 Å². The van der Waals surface area contributed by atoms with Crippen molar-refractivity contribution in [1.82, 2.24) is 4.57 Å². The highest BCUT2D eigenvalue weighted by Gasteiger charge is 2.14. The van der Waals surface area contributed by atoms with Crippen LogP contribution in [0.15, 0.2) is 132 Å². The monoisotopic (exact) mass is 423 g/mol. The first-order valence-electron chi connectivity index (χ1n) is 11.1. The number of aromatic nitrogens is 1. The average Bonchev–Trinajstić information content (AvgIpc) is 2.90. The molecule has 0 atom stereocenters. The second kappa shape index (κ2) is 7.92. The summed E-state index contributed by atoms with van der Waals surface area (Å²) in [6.07, 6.45) is 0. The van der Waals surface area contributed by atoms with Crippen LogP contribution in [-0.2, 0) is 0 Å². The van der Waals surface area contributed by atoms with Crippen molar-refractivity contribution in [2.45, 2.75) is 0 Å². The molecule has 0 unspecified atom stereocenters. The molecular weight excluding hydrogens is 402 g/mol. The molecule has 0 radical (unpaired) electrons. The summed E-state index contributed by atoms with van der Waals surface area (Å²) in [4.78, 5) is 13.8. The van der Waals surface area contributed by atoms with Crippen LogP contribution < -0.4 is 5.56 Å². The number of benzene rings is 5. The van der Waals surface area contributed by atoms with Crippen molar-refractivity contribution in [3.8, 4) is 27.9 Å². The van der Waals surface area contributed by atoms with E-state index in [0.717, 1.165) is 49.6 Å². The lowest BCUT2D eigenvalue weighted by atomic mass is 9.97. The minimum atomic E-state index is -0.00600. The SMILES string of the molecule is O=c1c2ccccc2c2ccccc2n1-c1cc(-c2ccccc2)cc(-c2ccccc2)c1. The number of hydrogen-bond donors (Lipinski definition) is 0. The molecule has 0 aliphatic rings. The molecule has 0 saturated carbocycles. The van der Waals surface area contributed by atoms with Crippen LogP contribution in [-0.4, -0.2) is 4.57 Å². The fourth-order valence-electron chi connectivity index (χ4n) is 4.62. The van der Waals surface area contributed by atoms with Gasteiger partial charge in [-0.25, -0.2) is 0 Å². The van der Waals surface area contributed by atoms with Gasteiger partial charge in [0.15, 0.2) is 0 Å². The van der Waals surface area contributed by atoms with Crippen molar-refractivity contribution in [3.63, 3.8) is 0 Å². The Hall–Kier alpha value is -4.43. The predicted octanol–water partition coefficient (Wildman–Crippen LogP) is 7.48. The van der Waals surface area contributed by atoms with Gasteiger partial charge in [0.05, 0.1) is 11.2 Å². The van der Waals surface area contributed by atoms with Gasteiger partial charge in [-0.3, -0.25) is 9.36 Å². The molecule has 6 aromatic rings. The summed E-state index contributed by atoms with van der Waals surface area (Å²) in [5, 5.41) is 2.78. The maximum atomic E-state index is 13.8. The van der Waals surface area contributed by atoms with E-state index in [2.05, 4.69) is 48.5 Å². The predicted molar refractivity (Wildman–Crippen MR) is 138 cm³/mol. The number of fused-ring (bicyclic) bond motifs is 3. The topological polar surface area (TPSA) is 22.0 Å².